The molecule has 0 heterocycles. The summed E-state index contributed by atoms with van der Waals surface area (Å²) in [6.45, 7) is 13.7. The van der Waals surface area contributed by atoms with Crippen LogP contribution in [0.1, 0.15) is 65.2 Å². The molecular formula is C25H34. The molecule has 0 amide bonds. The molecular weight excluding hydrogens is 300 g/mol. The van der Waals surface area contributed by atoms with E-state index < -0.39 is 0 Å². The maximum atomic E-state index is 4.51. The van der Waals surface area contributed by atoms with Gasteiger partial charge in [-0.05, 0) is 98.4 Å². The number of hydrogen-bond acceptors (Lipinski definition) is 0. The van der Waals surface area contributed by atoms with Gasteiger partial charge in [0.2, 0.25) is 0 Å². The van der Waals surface area contributed by atoms with Crippen LogP contribution in [0.25, 0.3) is 0 Å². The third kappa shape index (κ3) is 2.12. The van der Waals surface area contributed by atoms with E-state index in [0.717, 1.165) is 35.5 Å². The Balaban J connectivity index is 1.72. The first-order valence-corrected chi connectivity index (χ1v) is 10.9. The molecule has 0 saturated heterocycles. The Morgan fingerprint density at radius 3 is 2.04 bits per heavy atom. The van der Waals surface area contributed by atoms with Crippen molar-refractivity contribution >= 4 is 0 Å². The zero-order valence-electron chi connectivity index (χ0n) is 16.2. The number of allylic oxidation sites excluding steroid dienone is 6. The lowest BCUT2D eigenvalue weighted by Crippen LogP contribution is -2.46. The molecule has 0 aromatic rings. The highest BCUT2D eigenvalue weighted by Gasteiger charge is 2.52. The molecule has 0 aromatic carbocycles. The summed E-state index contributed by atoms with van der Waals surface area (Å²) in [4.78, 5) is 0. The highest BCUT2D eigenvalue weighted by Crippen LogP contribution is 2.63. The van der Waals surface area contributed by atoms with Crippen molar-refractivity contribution in [3.05, 3.63) is 47.1 Å². The van der Waals surface area contributed by atoms with Crippen LogP contribution < -0.4 is 0 Å². The fourth-order valence-corrected chi connectivity index (χ4v) is 7.76. The van der Waals surface area contributed by atoms with Gasteiger partial charge < -0.3 is 0 Å². The molecule has 0 N–H and O–H groups in total. The number of fused-ring (bicyclic) bond motifs is 2. The average molecular weight is 335 g/mol. The summed E-state index contributed by atoms with van der Waals surface area (Å²) in [5, 5.41) is 0. The van der Waals surface area contributed by atoms with Crippen molar-refractivity contribution in [2.75, 3.05) is 0 Å². The van der Waals surface area contributed by atoms with Crippen molar-refractivity contribution in [2.24, 2.45) is 41.4 Å². The monoisotopic (exact) mass is 334 g/mol. The summed E-state index contributed by atoms with van der Waals surface area (Å²) >= 11 is 0. The second-order valence-corrected chi connectivity index (χ2v) is 9.72. The standard InChI is InChI=1S/C25H34/c1-5-17-9-13-21-19-11-7-15(3)22-14(2)6-10-18(24(19)22)20-12-8-16(4)23(17)25(20)21/h5,14,16-21H,1,3,6-13H2,2,4H3. The third-order valence-corrected chi connectivity index (χ3v) is 8.67. The molecule has 1 saturated carbocycles. The van der Waals surface area contributed by atoms with Crippen molar-refractivity contribution < 1.29 is 0 Å². The van der Waals surface area contributed by atoms with Crippen molar-refractivity contribution in [2.45, 2.75) is 65.2 Å². The molecule has 25 heavy (non-hydrogen) atoms. The minimum atomic E-state index is 0.676. The highest BCUT2D eigenvalue weighted by molar-refractivity contribution is 5.48. The van der Waals surface area contributed by atoms with Crippen LogP contribution in [0, 0.1) is 41.4 Å². The molecule has 1 fully saturated rings. The van der Waals surface area contributed by atoms with Gasteiger partial charge in [0.1, 0.15) is 0 Å². The summed E-state index contributed by atoms with van der Waals surface area (Å²) < 4.78 is 0. The van der Waals surface area contributed by atoms with E-state index in [0.29, 0.717) is 5.92 Å². The largest absolute Gasteiger partial charge is 0.102 e. The molecule has 0 heteroatoms. The van der Waals surface area contributed by atoms with Gasteiger partial charge in [-0.15, -0.1) is 6.58 Å². The fourth-order valence-electron chi connectivity index (χ4n) is 7.76. The molecule has 7 unspecified atom stereocenters. The molecule has 0 radical (unpaired) electrons. The van der Waals surface area contributed by atoms with E-state index in [9.17, 15) is 0 Å². The molecule has 5 aliphatic rings. The van der Waals surface area contributed by atoms with E-state index in [2.05, 4.69) is 33.1 Å². The van der Waals surface area contributed by atoms with Gasteiger partial charge >= 0.3 is 0 Å². The topological polar surface area (TPSA) is 0 Å². The number of hydrogen-bond donors (Lipinski definition) is 0. The van der Waals surface area contributed by atoms with E-state index in [1.807, 2.05) is 16.7 Å². The van der Waals surface area contributed by atoms with Crippen LogP contribution in [-0.4, -0.2) is 0 Å². The Hall–Kier alpha value is -1.04. The lowest BCUT2D eigenvalue weighted by molar-refractivity contribution is 0.156. The van der Waals surface area contributed by atoms with E-state index in [1.165, 1.54) is 56.9 Å². The summed E-state index contributed by atoms with van der Waals surface area (Å²) in [5.41, 5.74) is 8.97. The van der Waals surface area contributed by atoms with Gasteiger partial charge in [0, 0.05) is 0 Å². The Morgan fingerprint density at radius 2 is 1.32 bits per heavy atom. The molecule has 0 aliphatic heterocycles. The van der Waals surface area contributed by atoms with Crippen LogP contribution >= 0.6 is 0 Å². The molecule has 5 aliphatic carbocycles. The van der Waals surface area contributed by atoms with Gasteiger partial charge in [-0.3, -0.25) is 0 Å². The average Bonchev–Trinajstić information content (AvgIpc) is 2.62. The first-order valence-electron chi connectivity index (χ1n) is 10.9. The Bertz CT molecular complexity index is 675. The Labute approximate surface area is 154 Å². The first kappa shape index (κ1) is 16.2. The SMILES string of the molecule is C=CC1CCC2C3=C1C(C)CCC3C1CCC(C)C3=C1C2CCC3=C. The van der Waals surface area contributed by atoms with Crippen LogP contribution in [0.3, 0.4) is 0 Å². The van der Waals surface area contributed by atoms with Gasteiger partial charge in [0.25, 0.3) is 0 Å². The van der Waals surface area contributed by atoms with E-state index in [-0.39, 0.29) is 0 Å². The first-order chi connectivity index (χ1) is 12.1. The second kappa shape index (κ2) is 5.73. The van der Waals surface area contributed by atoms with Crippen LogP contribution in [0.5, 0.6) is 0 Å². The van der Waals surface area contributed by atoms with Crippen LogP contribution in [0.2, 0.25) is 0 Å². The minimum absolute atomic E-state index is 0.676. The van der Waals surface area contributed by atoms with Crippen molar-refractivity contribution in [3.8, 4) is 0 Å². The summed E-state index contributed by atoms with van der Waals surface area (Å²) in [6.07, 6.45) is 13.3. The molecule has 0 bridgehead atoms. The van der Waals surface area contributed by atoms with Crippen LogP contribution in [0.4, 0.5) is 0 Å². The third-order valence-electron chi connectivity index (χ3n) is 8.67. The lowest BCUT2D eigenvalue weighted by Gasteiger charge is -2.57. The second-order valence-electron chi connectivity index (χ2n) is 9.72. The summed E-state index contributed by atoms with van der Waals surface area (Å²) in [5.74, 6) is 5.66. The molecule has 0 spiro atoms. The lowest BCUT2D eigenvalue weighted by atomic mass is 9.48. The van der Waals surface area contributed by atoms with E-state index >= 15 is 0 Å². The predicted molar refractivity (Wildman–Crippen MR) is 106 cm³/mol. The summed E-state index contributed by atoms with van der Waals surface area (Å²) in [7, 11) is 0. The quantitative estimate of drug-likeness (QED) is 0.459. The smallest absolute Gasteiger partial charge is 0.00202 e. The van der Waals surface area contributed by atoms with E-state index in [1.54, 1.807) is 5.57 Å². The zero-order chi connectivity index (χ0) is 17.3. The predicted octanol–water partition coefficient (Wildman–Crippen LogP) is 6.86. The number of rotatable bonds is 1. The molecule has 0 aromatic heterocycles. The minimum Gasteiger partial charge on any atom is -0.102 e. The Kier molecular flexibility index (Phi) is 3.70. The molecule has 0 nitrogen and oxygen atoms in total. The molecule has 5 rings (SSSR count). The van der Waals surface area contributed by atoms with Gasteiger partial charge in [0.05, 0.1) is 0 Å². The van der Waals surface area contributed by atoms with Crippen molar-refractivity contribution in [1.29, 1.82) is 0 Å². The maximum absolute atomic E-state index is 4.51. The Morgan fingerprint density at radius 1 is 0.720 bits per heavy atom. The van der Waals surface area contributed by atoms with Gasteiger partial charge in [-0.1, -0.05) is 48.8 Å². The summed E-state index contributed by atoms with van der Waals surface area (Å²) in [6, 6.07) is 0. The van der Waals surface area contributed by atoms with Crippen molar-refractivity contribution in [1.82, 2.24) is 0 Å². The van der Waals surface area contributed by atoms with Gasteiger partial charge in [-0.25, -0.2) is 0 Å². The van der Waals surface area contributed by atoms with E-state index in [4.69, 9.17) is 0 Å². The molecule has 7 atom stereocenters. The fraction of sp³-hybridized carbons (Fsp3) is 0.680. The van der Waals surface area contributed by atoms with Gasteiger partial charge in [0.15, 0.2) is 0 Å². The van der Waals surface area contributed by atoms with Crippen LogP contribution in [0.15, 0.2) is 47.1 Å². The van der Waals surface area contributed by atoms with Crippen molar-refractivity contribution in [3.63, 3.8) is 0 Å². The van der Waals surface area contributed by atoms with Gasteiger partial charge in [-0.2, -0.15) is 0 Å². The maximum Gasteiger partial charge on any atom is -0.00202 e. The normalized spacial score (nSPS) is 45.8. The molecule has 134 valence electrons. The highest BCUT2D eigenvalue weighted by atomic mass is 14.6. The van der Waals surface area contributed by atoms with Crippen LogP contribution in [-0.2, 0) is 0 Å². The zero-order valence-corrected chi connectivity index (χ0v) is 16.2.